The predicted octanol–water partition coefficient (Wildman–Crippen LogP) is -6.91. The van der Waals surface area contributed by atoms with E-state index in [-0.39, 0.29) is 60.7 Å². The molecular formula is C10H23O16P3W-6. The topological polar surface area (TPSA) is 295 Å². The molecule has 20 heteroatoms. The first-order valence-electron chi connectivity index (χ1n) is 6.11. The van der Waals surface area contributed by atoms with E-state index in [1.807, 2.05) is 27.2 Å². The average Bonchev–Trinajstić information content (AvgIpc) is 2.75. The van der Waals surface area contributed by atoms with Crippen molar-refractivity contribution in [2.75, 3.05) is 39.6 Å². The molecule has 3 N–H and O–H groups in total. The van der Waals surface area contributed by atoms with Gasteiger partial charge in [-0.2, -0.15) is 25.8 Å². The molecule has 0 amide bonds. The molecule has 0 aromatic heterocycles. The summed E-state index contributed by atoms with van der Waals surface area (Å²) in [6.07, 6.45) is 0. The fourth-order valence-electron chi connectivity index (χ4n) is 0.346. The Morgan fingerprint density at radius 1 is 0.500 bits per heavy atom. The molecule has 0 aromatic carbocycles. The molecule has 30 heavy (non-hydrogen) atoms. The van der Waals surface area contributed by atoms with Crippen LogP contribution in [-0.4, -0.2) is 82.1 Å². The summed E-state index contributed by atoms with van der Waals surface area (Å²) in [6.45, 7) is 6.80. The fourth-order valence-corrected chi connectivity index (χ4v) is 1.04. The van der Waals surface area contributed by atoms with Crippen molar-refractivity contribution in [1.29, 1.82) is 0 Å². The van der Waals surface area contributed by atoms with Crippen LogP contribution in [0.5, 0.6) is 0 Å². The van der Waals surface area contributed by atoms with Gasteiger partial charge in [0, 0.05) is 21.1 Å². The minimum atomic E-state index is -2.77. The van der Waals surface area contributed by atoms with Crippen molar-refractivity contribution in [2.24, 2.45) is 0 Å². The molecule has 0 saturated heterocycles. The Labute approximate surface area is 191 Å². The first-order chi connectivity index (χ1) is 13.8. The number of aliphatic hydroxyl groups excluding tert-OH is 3. The van der Waals surface area contributed by atoms with Crippen LogP contribution in [0.15, 0.2) is 0 Å². The second-order valence-electron chi connectivity index (χ2n) is 2.34. The van der Waals surface area contributed by atoms with Gasteiger partial charge in [0.15, 0.2) is 0 Å². The zero-order valence-electron chi connectivity index (χ0n) is 15.5. The number of carbonyl (C=O) groups excluding carboxylic acids is 4. The largest absolute Gasteiger partial charge is 0.820 e. The zero-order chi connectivity index (χ0) is 25.1. The summed E-state index contributed by atoms with van der Waals surface area (Å²) in [6, 6.07) is 0. The normalized spacial score (nSPS) is 7.73. The van der Waals surface area contributed by atoms with Crippen molar-refractivity contribution in [2.45, 2.75) is 0 Å². The van der Waals surface area contributed by atoms with Gasteiger partial charge >= 0.3 is 0 Å². The third-order valence-corrected chi connectivity index (χ3v) is 2.04. The van der Waals surface area contributed by atoms with Crippen LogP contribution in [0.3, 0.4) is 0 Å². The SMILES string of the molecule is C=O.C=O.C=O.C=O.[O-]P([O-])OCCO.[O-]P([O-])OCCO.[O-]P([O-])OCCO.[W]. The quantitative estimate of drug-likeness (QED) is 0.191. The van der Waals surface area contributed by atoms with E-state index in [0.29, 0.717) is 0 Å². The monoisotopic (exact) mass is 676 g/mol. The molecule has 0 heterocycles. The second-order valence-corrected chi connectivity index (χ2v) is 4.46. The zero-order valence-corrected chi connectivity index (χ0v) is 21.1. The van der Waals surface area contributed by atoms with Crippen LogP contribution in [0.2, 0.25) is 0 Å². The van der Waals surface area contributed by atoms with Gasteiger partial charge in [0.05, 0.1) is 39.6 Å². The summed E-state index contributed by atoms with van der Waals surface area (Å²) in [5.41, 5.74) is 0. The number of rotatable bonds is 9. The van der Waals surface area contributed by atoms with Crippen LogP contribution >= 0.6 is 25.8 Å². The van der Waals surface area contributed by atoms with Crippen molar-refractivity contribution < 1.29 is 98.5 Å². The molecule has 0 unspecified atom stereocenters. The van der Waals surface area contributed by atoms with E-state index in [1.54, 1.807) is 0 Å². The minimum absolute atomic E-state index is 0. The number of hydrogen-bond acceptors (Lipinski definition) is 16. The Kier molecular flexibility index (Phi) is 122. The molecule has 0 rings (SSSR count). The van der Waals surface area contributed by atoms with Gasteiger partial charge in [0.1, 0.15) is 27.2 Å². The summed E-state index contributed by atoms with van der Waals surface area (Å²) in [4.78, 5) is 88.8. The van der Waals surface area contributed by atoms with Gasteiger partial charge in [-0.05, 0) is 0 Å². The van der Waals surface area contributed by atoms with Gasteiger partial charge in [0.25, 0.3) is 0 Å². The minimum Gasteiger partial charge on any atom is -0.820 e. The summed E-state index contributed by atoms with van der Waals surface area (Å²) < 4.78 is 11.7. The van der Waals surface area contributed by atoms with Gasteiger partial charge in [-0.1, -0.05) is 0 Å². The number of aliphatic hydroxyl groups is 3. The van der Waals surface area contributed by atoms with Crippen LogP contribution < -0.4 is 29.4 Å². The Morgan fingerprint density at radius 2 is 0.633 bits per heavy atom. The van der Waals surface area contributed by atoms with Crippen LogP contribution in [0.4, 0.5) is 0 Å². The third-order valence-electron chi connectivity index (χ3n) is 0.864. The van der Waals surface area contributed by atoms with E-state index in [1.165, 1.54) is 0 Å². The predicted molar refractivity (Wildman–Crippen MR) is 88.4 cm³/mol. The van der Waals surface area contributed by atoms with E-state index in [9.17, 15) is 29.4 Å². The molecule has 0 aliphatic rings. The molecule has 16 nitrogen and oxygen atoms in total. The molecule has 0 bridgehead atoms. The Bertz CT molecular complexity index is 199. The summed E-state index contributed by atoms with van der Waals surface area (Å²) in [7, 11) is -8.30. The van der Waals surface area contributed by atoms with Crippen LogP contribution in [0.25, 0.3) is 0 Å². The molecule has 0 atom stereocenters. The van der Waals surface area contributed by atoms with Gasteiger partial charge in [-0.25, -0.2) is 0 Å². The van der Waals surface area contributed by atoms with Gasteiger partial charge in [-0.15, -0.1) is 0 Å². The average molecular weight is 676 g/mol. The second kappa shape index (κ2) is 70.1. The van der Waals surface area contributed by atoms with Crippen molar-refractivity contribution in [3.63, 3.8) is 0 Å². The Morgan fingerprint density at radius 3 is 0.667 bits per heavy atom. The van der Waals surface area contributed by atoms with Gasteiger partial charge < -0.3 is 77.4 Å². The molecular weight excluding hydrogens is 653 g/mol. The maximum atomic E-state index is 9.46. The van der Waals surface area contributed by atoms with E-state index in [0.717, 1.165) is 0 Å². The molecule has 0 aliphatic carbocycles. The van der Waals surface area contributed by atoms with Crippen LogP contribution in [0.1, 0.15) is 0 Å². The van der Waals surface area contributed by atoms with E-state index >= 15 is 0 Å². The van der Waals surface area contributed by atoms with E-state index in [2.05, 4.69) is 13.6 Å². The smallest absolute Gasteiger partial charge is 0.106 e. The van der Waals surface area contributed by atoms with Crippen LogP contribution in [-0.2, 0) is 53.8 Å². The first kappa shape index (κ1) is 52.2. The maximum Gasteiger partial charge on any atom is 0.106 e. The van der Waals surface area contributed by atoms with E-state index < -0.39 is 25.8 Å². The van der Waals surface area contributed by atoms with E-state index in [4.69, 9.17) is 34.5 Å². The van der Waals surface area contributed by atoms with Crippen molar-refractivity contribution >= 4 is 53.0 Å². The molecule has 0 radical (unpaired) electrons. The number of carbonyl (C=O) groups is 4. The van der Waals surface area contributed by atoms with Crippen LogP contribution in [0, 0.1) is 0 Å². The molecule has 186 valence electrons. The summed E-state index contributed by atoms with van der Waals surface area (Å²) in [5, 5.41) is 23.8. The first-order valence-corrected chi connectivity index (χ1v) is 9.40. The third kappa shape index (κ3) is 140. The summed E-state index contributed by atoms with van der Waals surface area (Å²) in [5.74, 6) is 0. The molecule has 0 fully saturated rings. The fraction of sp³-hybridized carbons (Fsp3) is 0.600. The van der Waals surface area contributed by atoms with Gasteiger partial charge in [-0.3, -0.25) is 0 Å². The van der Waals surface area contributed by atoms with Crippen molar-refractivity contribution in [3.8, 4) is 0 Å². The molecule has 0 spiro atoms. The van der Waals surface area contributed by atoms with Crippen molar-refractivity contribution in [3.05, 3.63) is 0 Å². The Balaban J connectivity index is -0.0000000339. The molecule has 0 aliphatic heterocycles. The van der Waals surface area contributed by atoms with Gasteiger partial charge in [0.2, 0.25) is 0 Å². The molecule has 0 aromatic rings. The molecule has 0 saturated carbocycles. The van der Waals surface area contributed by atoms with Crippen molar-refractivity contribution in [1.82, 2.24) is 0 Å². The Hall–Kier alpha value is 0.178. The standard InChI is InChI=1S/3C2H5O4P.4CH2O.W/c3*3-1-2-6-7(4)5;4*1-2;/h3*3H,1-2H2;4*1H2;/q3*-2;;;;;. The summed E-state index contributed by atoms with van der Waals surface area (Å²) >= 11 is 0. The maximum absolute atomic E-state index is 9.46. The number of hydrogen-bond donors (Lipinski definition) is 3.